The quantitative estimate of drug-likeness (QED) is 0.0902. The fourth-order valence-corrected chi connectivity index (χ4v) is 9.31. The van der Waals surface area contributed by atoms with E-state index in [2.05, 4.69) is 106 Å². The predicted octanol–water partition coefficient (Wildman–Crippen LogP) is 12.3. The highest BCUT2D eigenvalue weighted by atomic mass is 79.9. The second kappa shape index (κ2) is 16.5. The van der Waals surface area contributed by atoms with Crippen LogP contribution in [0.4, 0.5) is 0 Å². The van der Waals surface area contributed by atoms with Crippen LogP contribution in [0, 0.1) is 5.92 Å². The Morgan fingerprint density at radius 3 is 1.64 bits per heavy atom. The van der Waals surface area contributed by atoms with Crippen molar-refractivity contribution in [2.24, 2.45) is 5.92 Å². The Kier molecular flexibility index (Phi) is 11.7. The van der Waals surface area contributed by atoms with Crippen LogP contribution >= 0.6 is 36.2 Å². The summed E-state index contributed by atoms with van der Waals surface area (Å²) in [4.78, 5) is 1.22. The molecule has 6 rings (SSSR count). The van der Waals surface area contributed by atoms with Gasteiger partial charge in [-0.2, -0.15) is 0 Å². The third kappa shape index (κ3) is 9.01. The van der Waals surface area contributed by atoms with Gasteiger partial charge < -0.3 is 9.05 Å². The fraction of sp³-hybridized carbons (Fsp3) is 0.231. The lowest BCUT2D eigenvalue weighted by Gasteiger charge is -2.41. The van der Waals surface area contributed by atoms with Gasteiger partial charge >= 0.3 is 8.53 Å². The number of nitrogens with zero attached hydrogens (tertiary/aromatic N) is 1. The molecule has 0 aromatic heterocycles. The molecule has 45 heavy (non-hydrogen) atoms. The van der Waals surface area contributed by atoms with Crippen LogP contribution in [-0.4, -0.2) is 11.2 Å². The molecule has 0 bridgehead atoms. The van der Waals surface area contributed by atoms with Gasteiger partial charge in [-0.3, -0.25) is 0 Å². The molecule has 0 saturated heterocycles. The third-order valence-electron chi connectivity index (χ3n) is 8.19. The van der Waals surface area contributed by atoms with Gasteiger partial charge in [0.25, 0.3) is 0 Å². The zero-order chi connectivity index (χ0) is 30.7. The number of hydrogen-bond acceptors (Lipinski definition) is 4. The van der Waals surface area contributed by atoms with Crippen LogP contribution in [0.2, 0.25) is 0 Å². The van der Waals surface area contributed by atoms with Crippen molar-refractivity contribution < 1.29 is 9.05 Å². The molecule has 3 nitrogen and oxygen atoms in total. The highest BCUT2D eigenvalue weighted by Crippen LogP contribution is 2.56. The first-order valence-electron chi connectivity index (χ1n) is 15.8. The highest BCUT2D eigenvalue weighted by molar-refractivity contribution is 9.10. The van der Waals surface area contributed by atoms with E-state index in [-0.39, 0.29) is 11.3 Å². The average molecular weight is 697 g/mol. The molecule has 0 spiro atoms. The molecular formula is C39H39BrNO2PS. The molecule has 0 heterocycles. The Hall–Kier alpha value is -3.08. The molecule has 1 fully saturated rings. The van der Waals surface area contributed by atoms with Gasteiger partial charge in [-0.15, -0.1) is 11.8 Å². The van der Waals surface area contributed by atoms with E-state index < -0.39 is 8.53 Å². The molecule has 0 unspecified atom stereocenters. The molecule has 230 valence electrons. The maximum atomic E-state index is 6.93. The SMILES string of the molecule is Brc1ccc(S[C@H](c2ccccc2)[C@H](c2ccccc2)N(CC2CCCCC2)P(Oc2ccccc2)Oc2ccccc2)cc1. The van der Waals surface area contributed by atoms with Gasteiger partial charge in [0, 0.05) is 15.9 Å². The van der Waals surface area contributed by atoms with Gasteiger partial charge in [0.1, 0.15) is 11.5 Å². The van der Waals surface area contributed by atoms with Crippen molar-refractivity contribution in [3.63, 3.8) is 0 Å². The van der Waals surface area contributed by atoms with Crippen molar-refractivity contribution >= 4 is 36.2 Å². The highest BCUT2D eigenvalue weighted by Gasteiger charge is 2.40. The third-order valence-corrected chi connectivity index (χ3v) is 11.6. The van der Waals surface area contributed by atoms with Crippen LogP contribution in [0.3, 0.4) is 0 Å². The van der Waals surface area contributed by atoms with Crippen molar-refractivity contribution in [2.75, 3.05) is 6.54 Å². The summed E-state index contributed by atoms with van der Waals surface area (Å²) in [5, 5.41) is 0.0714. The van der Waals surface area contributed by atoms with E-state index in [1.54, 1.807) is 0 Å². The van der Waals surface area contributed by atoms with Crippen LogP contribution in [0.5, 0.6) is 11.5 Å². The van der Waals surface area contributed by atoms with Crippen LogP contribution < -0.4 is 9.05 Å². The Bertz CT molecular complexity index is 1510. The summed E-state index contributed by atoms with van der Waals surface area (Å²) < 4.78 is 17.5. The van der Waals surface area contributed by atoms with Crippen LogP contribution in [0.1, 0.15) is 54.5 Å². The van der Waals surface area contributed by atoms with E-state index in [1.807, 2.05) is 72.4 Å². The summed E-state index contributed by atoms with van der Waals surface area (Å²) in [6.07, 6.45) is 6.34. The molecule has 0 N–H and O–H groups in total. The Labute approximate surface area is 282 Å². The molecule has 2 atom stereocenters. The number of para-hydroxylation sites is 2. The zero-order valence-electron chi connectivity index (χ0n) is 25.3. The maximum absolute atomic E-state index is 6.93. The lowest BCUT2D eigenvalue weighted by Crippen LogP contribution is -2.35. The summed E-state index contributed by atoms with van der Waals surface area (Å²) >= 11 is 5.55. The second-order valence-corrected chi connectivity index (χ2v) is 14.9. The van der Waals surface area contributed by atoms with E-state index in [4.69, 9.17) is 9.05 Å². The van der Waals surface area contributed by atoms with E-state index in [0.29, 0.717) is 5.92 Å². The molecule has 1 aliphatic carbocycles. The summed E-state index contributed by atoms with van der Waals surface area (Å²) in [6, 6.07) is 50.9. The van der Waals surface area contributed by atoms with Gasteiger partial charge in [0.2, 0.25) is 0 Å². The maximum Gasteiger partial charge on any atom is 0.385 e. The lowest BCUT2D eigenvalue weighted by atomic mass is 9.88. The van der Waals surface area contributed by atoms with Crippen LogP contribution in [0.15, 0.2) is 155 Å². The summed E-state index contributed by atoms with van der Waals surface area (Å²) in [7, 11) is -1.55. The van der Waals surface area contributed by atoms with E-state index in [1.165, 1.54) is 48.1 Å². The largest absolute Gasteiger partial charge is 0.427 e. The average Bonchev–Trinajstić information content (AvgIpc) is 3.10. The van der Waals surface area contributed by atoms with Crippen molar-refractivity contribution in [3.8, 4) is 11.5 Å². The summed E-state index contributed by atoms with van der Waals surface area (Å²) in [5.74, 6) is 2.21. The predicted molar refractivity (Wildman–Crippen MR) is 193 cm³/mol. The molecule has 1 aliphatic rings. The standard InChI is InChI=1S/C39H39BrNO2PS/c40-34-26-28-37(29-27-34)45-39(33-20-10-3-11-21-33)38(32-18-8-2-9-19-32)41(30-31-16-6-1-7-17-31)44(42-35-22-12-4-13-23-35)43-36-24-14-5-15-25-36/h2-5,8-15,18-29,31,38-39H,1,6-7,16-17,30H2/t38-,39+/m0/s1. The van der Waals surface area contributed by atoms with Gasteiger partial charge in [-0.1, -0.05) is 132 Å². The van der Waals surface area contributed by atoms with Crippen molar-refractivity contribution in [1.29, 1.82) is 0 Å². The van der Waals surface area contributed by atoms with Crippen LogP contribution in [0.25, 0.3) is 0 Å². The smallest absolute Gasteiger partial charge is 0.385 e. The number of rotatable bonds is 13. The minimum atomic E-state index is -1.55. The number of hydrogen-bond donors (Lipinski definition) is 0. The molecule has 5 aromatic carbocycles. The Morgan fingerprint density at radius 2 is 1.11 bits per heavy atom. The molecule has 1 saturated carbocycles. The second-order valence-electron chi connectivity index (χ2n) is 11.4. The first-order chi connectivity index (χ1) is 22.2. The van der Waals surface area contributed by atoms with Gasteiger partial charge in [0.15, 0.2) is 0 Å². The number of halogens is 1. The normalized spacial score (nSPS) is 15.1. The van der Waals surface area contributed by atoms with E-state index in [0.717, 1.165) is 22.5 Å². The van der Waals surface area contributed by atoms with Crippen molar-refractivity contribution in [3.05, 3.63) is 161 Å². The molecule has 0 aliphatic heterocycles. The number of benzene rings is 5. The summed E-state index contributed by atoms with van der Waals surface area (Å²) in [6.45, 7) is 0.898. The minimum Gasteiger partial charge on any atom is -0.427 e. The van der Waals surface area contributed by atoms with E-state index in [9.17, 15) is 0 Å². The van der Waals surface area contributed by atoms with Crippen molar-refractivity contribution in [2.45, 2.75) is 48.3 Å². The molecule has 5 aromatic rings. The Balaban J connectivity index is 1.50. The Morgan fingerprint density at radius 1 is 0.622 bits per heavy atom. The van der Waals surface area contributed by atoms with Crippen LogP contribution in [-0.2, 0) is 0 Å². The monoisotopic (exact) mass is 695 g/mol. The first kappa shape index (κ1) is 31.9. The van der Waals surface area contributed by atoms with Gasteiger partial charge in [-0.05, 0) is 78.4 Å². The van der Waals surface area contributed by atoms with Crippen molar-refractivity contribution in [1.82, 2.24) is 4.67 Å². The molecule has 0 radical (unpaired) electrons. The van der Waals surface area contributed by atoms with E-state index >= 15 is 0 Å². The zero-order valence-corrected chi connectivity index (χ0v) is 28.6. The molecular weight excluding hydrogens is 657 g/mol. The number of thioether (sulfide) groups is 1. The fourth-order valence-electron chi connectivity index (χ4n) is 5.95. The molecule has 6 heteroatoms. The lowest BCUT2D eigenvalue weighted by molar-refractivity contribution is 0.217. The first-order valence-corrected chi connectivity index (χ1v) is 18.6. The minimum absolute atomic E-state index is 0.0253. The topological polar surface area (TPSA) is 21.7 Å². The van der Waals surface area contributed by atoms with Gasteiger partial charge in [0.05, 0.1) is 11.3 Å². The summed E-state index contributed by atoms with van der Waals surface area (Å²) in [5.41, 5.74) is 2.54. The van der Waals surface area contributed by atoms with Gasteiger partial charge in [-0.25, -0.2) is 4.67 Å². The molecule has 0 amide bonds.